The van der Waals surface area contributed by atoms with Crippen molar-refractivity contribution >= 4 is 12.1 Å². The van der Waals surface area contributed by atoms with Gasteiger partial charge in [-0.05, 0) is 25.0 Å². The van der Waals surface area contributed by atoms with E-state index in [4.69, 9.17) is 0 Å². The summed E-state index contributed by atoms with van der Waals surface area (Å²) in [5.41, 5.74) is 3.34. The largest absolute Gasteiger partial charge is 0.273 e. The Morgan fingerprint density at radius 2 is 2.18 bits per heavy atom. The molecule has 0 aromatic carbocycles. The molecule has 1 aromatic rings. The number of carbonyl (C=O) groups is 1. The van der Waals surface area contributed by atoms with Crippen molar-refractivity contribution in [3.05, 3.63) is 30.1 Å². The Morgan fingerprint density at radius 3 is 2.88 bits per heavy atom. The molecule has 1 aromatic heterocycles. The molecule has 0 saturated heterocycles. The molecule has 0 aliphatic heterocycles. The van der Waals surface area contributed by atoms with Gasteiger partial charge in [0.15, 0.2) is 0 Å². The van der Waals surface area contributed by atoms with Gasteiger partial charge in [0.25, 0.3) is 0 Å². The number of rotatable bonds is 3. The van der Waals surface area contributed by atoms with Crippen molar-refractivity contribution in [2.24, 2.45) is 11.0 Å². The molecule has 0 atom stereocenters. The second-order valence-corrected chi connectivity index (χ2v) is 4.32. The van der Waals surface area contributed by atoms with Crippen molar-refractivity contribution < 1.29 is 4.79 Å². The van der Waals surface area contributed by atoms with E-state index in [2.05, 4.69) is 15.5 Å². The minimum absolute atomic E-state index is 0.0388. The topological polar surface area (TPSA) is 54.4 Å². The number of aromatic nitrogens is 1. The number of hydrogen-bond donors (Lipinski definition) is 1. The van der Waals surface area contributed by atoms with Gasteiger partial charge in [-0.1, -0.05) is 25.3 Å². The Morgan fingerprint density at radius 1 is 1.35 bits per heavy atom. The van der Waals surface area contributed by atoms with Gasteiger partial charge in [-0.2, -0.15) is 5.10 Å². The smallest absolute Gasteiger partial charge is 0.243 e. The van der Waals surface area contributed by atoms with Gasteiger partial charge in [0, 0.05) is 12.1 Å². The molecular formula is C13H17N3O. The summed E-state index contributed by atoms with van der Waals surface area (Å²) in [5, 5.41) is 3.93. The van der Waals surface area contributed by atoms with Crippen molar-refractivity contribution in [1.29, 1.82) is 0 Å². The standard InChI is InChI=1S/C13H17N3O/c17-13(11-6-2-1-3-7-11)16-15-10-12-8-4-5-9-14-12/h4-5,8-11H,1-3,6-7H2,(H,16,17). The zero-order chi connectivity index (χ0) is 11.9. The van der Waals surface area contributed by atoms with E-state index < -0.39 is 0 Å². The van der Waals surface area contributed by atoms with E-state index >= 15 is 0 Å². The first-order valence-electron chi connectivity index (χ1n) is 6.10. The molecule has 17 heavy (non-hydrogen) atoms. The lowest BCUT2D eigenvalue weighted by Gasteiger charge is -2.19. The highest BCUT2D eigenvalue weighted by molar-refractivity contribution is 5.82. The molecule has 0 bridgehead atoms. The highest BCUT2D eigenvalue weighted by atomic mass is 16.2. The van der Waals surface area contributed by atoms with Gasteiger partial charge in [-0.25, -0.2) is 5.43 Å². The van der Waals surface area contributed by atoms with E-state index in [1.165, 1.54) is 6.42 Å². The van der Waals surface area contributed by atoms with Gasteiger partial charge >= 0.3 is 0 Å². The Bertz CT molecular complexity index is 383. The van der Waals surface area contributed by atoms with E-state index in [1.807, 2.05) is 18.2 Å². The second kappa shape index (κ2) is 6.13. The van der Waals surface area contributed by atoms with E-state index in [-0.39, 0.29) is 11.8 Å². The molecular weight excluding hydrogens is 214 g/mol. The van der Waals surface area contributed by atoms with Crippen molar-refractivity contribution in [2.45, 2.75) is 32.1 Å². The van der Waals surface area contributed by atoms with Gasteiger partial charge in [-0.3, -0.25) is 9.78 Å². The highest BCUT2D eigenvalue weighted by Crippen LogP contribution is 2.23. The monoisotopic (exact) mass is 231 g/mol. The molecule has 2 rings (SSSR count). The minimum Gasteiger partial charge on any atom is -0.273 e. The lowest BCUT2D eigenvalue weighted by atomic mass is 9.89. The number of amides is 1. The number of pyridine rings is 1. The van der Waals surface area contributed by atoms with E-state index in [0.29, 0.717) is 0 Å². The predicted octanol–water partition coefficient (Wildman–Crippen LogP) is 2.11. The van der Waals surface area contributed by atoms with E-state index in [9.17, 15) is 4.79 Å². The van der Waals surface area contributed by atoms with Crippen LogP contribution in [0.2, 0.25) is 0 Å². The summed E-state index contributed by atoms with van der Waals surface area (Å²) in [4.78, 5) is 15.8. The van der Waals surface area contributed by atoms with Crippen LogP contribution in [0.3, 0.4) is 0 Å². The number of nitrogens with one attached hydrogen (secondary N) is 1. The molecule has 90 valence electrons. The van der Waals surface area contributed by atoms with E-state index in [1.54, 1.807) is 12.4 Å². The Labute approximate surface area is 101 Å². The lowest BCUT2D eigenvalue weighted by Crippen LogP contribution is -2.28. The summed E-state index contributed by atoms with van der Waals surface area (Å²) in [6.45, 7) is 0. The SMILES string of the molecule is O=C(NN=Cc1ccccn1)C1CCCCC1. The third-order valence-corrected chi connectivity index (χ3v) is 3.04. The van der Waals surface area contributed by atoms with Crippen LogP contribution in [0.15, 0.2) is 29.5 Å². The van der Waals surface area contributed by atoms with Gasteiger partial charge in [0.1, 0.15) is 0 Å². The average Bonchev–Trinajstić information content (AvgIpc) is 2.41. The molecule has 0 spiro atoms. The van der Waals surface area contributed by atoms with Crippen LogP contribution in [-0.2, 0) is 4.79 Å². The molecule has 1 saturated carbocycles. The van der Waals surface area contributed by atoms with Crippen LogP contribution in [0.5, 0.6) is 0 Å². The summed E-state index contributed by atoms with van der Waals surface area (Å²) < 4.78 is 0. The van der Waals surface area contributed by atoms with Crippen LogP contribution in [0, 0.1) is 5.92 Å². The van der Waals surface area contributed by atoms with Crippen LogP contribution in [0.4, 0.5) is 0 Å². The van der Waals surface area contributed by atoms with Crippen LogP contribution in [-0.4, -0.2) is 17.1 Å². The minimum atomic E-state index is 0.0388. The number of nitrogens with zero attached hydrogens (tertiary/aromatic N) is 2. The number of carbonyl (C=O) groups excluding carboxylic acids is 1. The normalized spacial score (nSPS) is 17.2. The van der Waals surface area contributed by atoms with Crippen molar-refractivity contribution in [3.63, 3.8) is 0 Å². The number of hydrazone groups is 1. The quantitative estimate of drug-likeness (QED) is 0.640. The maximum atomic E-state index is 11.7. The predicted molar refractivity (Wildman–Crippen MR) is 66.5 cm³/mol. The Kier molecular flexibility index (Phi) is 4.24. The molecule has 0 unspecified atom stereocenters. The third-order valence-electron chi connectivity index (χ3n) is 3.04. The van der Waals surface area contributed by atoms with Gasteiger partial charge < -0.3 is 0 Å². The first-order chi connectivity index (χ1) is 8.36. The zero-order valence-electron chi connectivity index (χ0n) is 9.80. The lowest BCUT2D eigenvalue weighted by molar-refractivity contribution is -0.125. The summed E-state index contributed by atoms with van der Waals surface area (Å²) in [7, 11) is 0. The fourth-order valence-corrected chi connectivity index (χ4v) is 2.07. The van der Waals surface area contributed by atoms with Gasteiger partial charge in [0.2, 0.25) is 5.91 Å². The molecule has 0 radical (unpaired) electrons. The van der Waals surface area contributed by atoms with Gasteiger partial charge in [-0.15, -0.1) is 0 Å². The van der Waals surface area contributed by atoms with E-state index in [0.717, 1.165) is 31.4 Å². The molecule has 4 heteroatoms. The molecule has 1 aliphatic carbocycles. The Balaban J connectivity index is 1.81. The van der Waals surface area contributed by atoms with Crippen molar-refractivity contribution in [1.82, 2.24) is 10.4 Å². The summed E-state index contributed by atoms with van der Waals surface area (Å²) in [6.07, 6.45) is 8.81. The zero-order valence-corrected chi connectivity index (χ0v) is 9.80. The molecule has 1 amide bonds. The second-order valence-electron chi connectivity index (χ2n) is 4.32. The molecule has 1 aliphatic rings. The van der Waals surface area contributed by atoms with Crippen molar-refractivity contribution in [3.8, 4) is 0 Å². The third kappa shape index (κ3) is 3.66. The Hall–Kier alpha value is -1.71. The highest BCUT2D eigenvalue weighted by Gasteiger charge is 2.20. The van der Waals surface area contributed by atoms with Crippen LogP contribution in [0.1, 0.15) is 37.8 Å². The first kappa shape index (κ1) is 11.8. The molecule has 1 heterocycles. The van der Waals surface area contributed by atoms with Crippen LogP contribution < -0.4 is 5.43 Å². The summed E-state index contributed by atoms with van der Waals surface area (Å²) in [6, 6.07) is 5.57. The molecule has 1 N–H and O–H groups in total. The van der Waals surface area contributed by atoms with Crippen LogP contribution >= 0.6 is 0 Å². The van der Waals surface area contributed by atoms with Crippen LogP contribution in [0.25, 0.3) is 0 Å². The number of hydrogen-bond acceptors (Lipinski definition) is 3. The fraction of sp³-hybridized carbons (Fsp3) is 0.462. The molecule has 4 nitrogen and oxygen atoms in total. The summed E-state index contributed by atoms with van der Waals surface area (Å²) >= 11 is 0. The maximum Gasteiger partial charge on any atom is 0.243 e. The molecule has 1 fully saturated rings. The van der Waals surface area contributed by atoms with Gasteiger partial charge in [0.05, 0.1) is 11.9 Å². The average molecular weight is 231 g/mol. The maximum absolute atomic E-state index is 11.7. The van der Waals surface area contributed by atoms with Crippen molar-refractivity contribution in [2.75, 3.05) is 0 Å². The summed E-state index contributed by atoms with van der Waals surface area (Å²) in [5.74, 6) is 0.182. The first-order valence-corrected chi connectivity index (χ1v) is 6.10. The fourth-order valence-electron chi connectivity index (χ4n) is 2.07.